The van der Waals surface area contributed by atoms with Crippen molar-refractivity contribution in [1.82, 2.24) is 19.8 Å². The quantitative estimate of drug-likeness (QED) is 0.502. The fourth-order valence-corrected chi connectivity index (χ4v) is 5.04. The Morgan fingerprint density at radius 1 is 1.10 bits per heavy atom. The molecule has 0 aliphatic carbocycles. The molecule has 0 unspecified atom stereocenters. The van der Waals surface area contributed by atoms with Crippen LogP contribution in [0, 0.1) is 13.8 Å². The van der Waals surface area contributed by atoms with Crippen LogP contribution in [0.5, 0.6) is 0 Å². The van der Waals surface area contributed by atoms with Gasteiger partial charge in [-0.25, -0.2) is 0 Å². The third-order valence-electron chi connectivity index (χ3n) is 5.57. The van der Waals surface area contributed by atoms with Gasteiger partial charge in [-0.05, 0) is 87.9 Å². The maximum atomic E-state index is 5.74. The van der Waals surface area contributed by atoms with Crippen LogP contribution in [0.25, 0.3) is 5.69 Å². The topological polar surface area (TPSA) is 33.1 Å². The number of hydrogen-bond donors (Lipinski definition) is 1. The molecule has 3 heterocycles. The first-order chi connectivity index (χ1) is 13.9. The van der Waals surface area contributed by atoms with Gasteiger partial charge in [-0.1, -0.05) is 22.0 Å². The number of pyridine rings is 1. The summed E-state index contributed by atoms with van der Waals surface area (Å²) < 4.78 is 3.40. The summed E-state index contributed by atoms with van der Waals surface area (Å²) in [6.45, 7) is 8.74. The zero-order chi connectivity index (χ0) is 20.7. The van der Waals surface area contributed by atoms with Crippen LogP contribution in [0.4, 0.5) is 0 Å². The lowest BCUT2D eigenvalue weighted by Gasteiger charge is -2.31. The molecule has 1 fully saturated rings. The van der Waals surface area contributed by atoms with Gasteiger partial charge in [0.25, 0.3) is 0 Å². The van der Waals surface area contributed by atoms with Crippen molar-refractivity contribution >= 4 is 33.3 Å². The van der Waals surface area contributed by atoms with Gasteiger partial charge in [-0.2, -0.15) is 0 Å². The van der Waals surface area contributed by atoms with E-state index in [1.54, 1.807) is 0 Å². The molecule has 29 heavy (non-hydrogen) atoms. The van der Waals surface area contributed by atoms with Gasteiger partial charge in [0.15, 0.2) is 5.11 Å². The standard InChI is InChI=1S/C23H25BrN4S/c1-14(2)27-22(21(26-23(27)29)20-7-5-6-12-25-20)19-13-15(3)28(16(19)4)18-10-8-17(24)9-11-18/h5-14,21-22H,1-4H3,(H,26,29)/t21-,22-/m1/s1. The maximum Gasteiger partial charge on any atom is 0.170 e. The molecule has 1 aromatic carbocycles. The van der Waals surface area contributed by atoms with Crippen LogP contribution in [0.3, 0.4) is 0 Å². The van der Waals surface area contributed by atoms with Crippen molar-refractivity contribution in [2.24, 2.45) is 0 Å². The van der Waals surface area contributed by atoms with E-state index in [9.17, 15) is 0 Å². The van der Waals surface area contributed by atoms with Gasteiger partial charge < -0.3 is 14.8 Å². The molecule has 0 spiro atoms. The van der Waals surface area contributed by atoms with E-state index in [2.05, 4.69) is 99.8 Å². The molecule has 2 aromatic heterocycles. The summed E-state index contributed by atoms with van der Waals surface area (Å²) in [5, 5.41) is 4.32. The summed E-state index contributed by atoms with van der Waals surface area (Å²) in [6.07, 6.45) is 1.85. The van der Waals surface area contributed by atoms with E-state index in [1.165, 1.54) is 17.0 Å². The number of aryl methyl sites for hydroxylation is 1. The van der Waals surface area contributed by atoms with Gasteiger partial charge in [-0.3, -0.25) is 4.98 Å². The predicted molar refractivity (Wildman–Crippen MR) is 125 cm³/mol. The Labute approximate surface area is 186 Å². The number of benzene rings is 1. The second-order valence-electron chi connectivity index (χ2n) is 7.77. The lowest BCUT2D eigenvalue weighted by atomic mass is 9.96. The highest BCUT2D eigenvalue weighted by Gasteiger charge is 2.42. The number of nitrogens with zero attached hydrogens (tertiary/aromatic N) is 3. The van der Waals surface area contributed by atoms with E-state index in [0.29, 0.717) is 0 Å². The normalized spacial score (nSPS) is 19.1. The molecule has 3 aromatic rings. The number of thiocarbonyl (C=S) groups is 1. The molecular weight excluding hydrogens is 444 g/mol. The van der Waals surface area contributed by atoms with Crippen LogP contribution in [0.1, 0.15) is 48.6 Å². The highest BCUT2D eigenvalue weighted by molar-refractivity contribution is 9.10. The van der Waals surface area contributed by atoms with E-state index < -0.39 is 0 Å². The Hall–Kier alpha value is -2.18. The lowest BCUT2D eigenvalue weighted by Crippen LogP contribution is -2.35. The molecule has 0 amide bonds. The van der Waals surface area contributed by atoms with Gasteiger partial charge in [0.1, 0.15) is 0 Å². The molecule has 0 saturated carbocycles. The summed E-state index contributed by atoms with van der Waals surface area (Å²) in [5.41, 5.74) is 5.89. The fraction of sp³-hybridized carbons (Fsp3) is 0.304. The minimum atomic E-state index is 0.0185. The molecule has 1 aliphatic heterocycles. The van der Waals surface area contributed by atoms with Crippen molar-refractivity contribution in [3.8, 4) is 5.69 Å². The van der Waals surface area contributed by atoms with E-state index >= 15 is 0 Å². The van der Waals surface area contributed by atoms with Crippen molar-refractivity contribution in [2.75, 3.05) is 0 Å². The van der Waals surface area contributed by atoms with Crippen LogP contribution < -0.4 is 5.32 Å². The third-order valence-corrected chi connectivity index (χ3v) is 6.42. The molecular formula is C23H25BrN4S. The molecule has 4 rings (SSSR count). The fourth-order valence-electron chi connectivity index (χ4n) is 4.33. The van der Waals surface area contributed by atoms with Gasteiger partial charge in [-0.15, -0.1) is 0 Å². The summed E-state index contributed by atoms with van der Waals surface area (Å²) in [6, 6.07) is 17.2. The van der Waals surface area contributed by atoms with Crippen LogP contribution in [-0.4, -0.2) is 25.6 Å². The van der Waals surface area contributed by atoms with Crippen LogP contribution >= 0.6 is 28.1 Å². The van der Waals surface area contributed by atoms with Gasteiger partial charge in [0.2, 0.25) is 0 Å². The second-order valence-corrected chi connectivity index (χ2v) is 9.07. The van der Waals surface area contributed by atoms with E-state index in [1.807, 2.05) is 18.3 Å². The van der Waals surface area contributed by atoms with Gasteiger partial charge in [0.05, 0.1) is 17.8 Å². The summed E-state index contributed by atoms with van der Waals surface area (Å²) in [5.74, 6) is 0. The molecule has 1 N–H and O–H groups in total. The van der Waals surface area contributed by atoms with Crippen molar-refractivity contribution in [3.63, 3.8) is 0 Å². The maximum absolute atomic E-state index is 5.74. The summed E-state index contributed by atoms with van der Waals surface area (Å²) in [4.78, 5) is 6.94. The Morgan fingerprint density at radius 2 is 1.83 bits per heavy atom. The van der Waals surface area contributed by atoms with Crippen LogP contribution in [0.2, 0.25) is 0 Å². The minimum Gasteiger partial charge on any atom is -0.352 e. The van der Waals surface area contributed by atoms with Crippen molar-refractivity contribution in [2.45, 2.75) is 45.8 Å². The van der Waals surface area contributed by atoms with E-state index in [0.717, 1.165) is 21.0 Å². The highest BCUT2D eigenvalue weighted by atomic mass is 79.9. The lowest BCUT2D eigenvalue weighted by molar-refractivity contribution is 0.269. The van der Waals surface area contributed by atoms with Gasteiger partial charge in [0, 0.05) is 33.8 Å². The van der Waals surface area contributed by atoms with E-state index in [-0.39, 0.29) is 18.1 Å². The molecule has 4 nitrogen and oxygen atoms in total. The molecule has 0 radical (unpaired) electrons. The van der Waals surface area contributed by atoms with E-state index in [4.69, 9.17) is 12.2 Å². The first-order valence-electron chi connectivity index (χ1n) is 9.83. The molecule has 1 aliphatic rings. The molecule has 150 valence electrons. The number of halogens is 1. The van der Waals surface area contributed by atoms with Crippen molar-refractivity contribution in [3.05, 3.63) is 81.8 Å². The Balaban J connectivity index is 1.85. The zero-order valence-electron chi connectivity index (χ0n) is 17.1. The number of hydrogen-bond acceptors (Lipinski definition) is 2. The zero-order valence-corrected chi connectivity index (χ0v) is 19.5. The highest BCUT2D eigenvalue weighted by Crippen LogP contribution is 2.42. The number of rotatable bonds is 4. The Bertz CT molecular complexity index is 1030. The second kappa shape index (κ2) is 7.92. The number of aromatic nitrogens is 2. The summed E-state index contributed by atoms with van der Waals surface area (Å²) in [7, 11) is 0. The van der Waals surface area contributed by atoms with Crippen molar-refractivity contribution in [1.29, 1.82) is 0 Å². The average Bonchev–Trinajstić information content (AvgIpc) is 3.19. The Kier molecular flexibility index (Phi) is 5.49. The largest absolute Gasteiger partial charge is 0.352 e. The smallest absolute Gasteiger partial charge is 0.170 e. The van der Waals surface area contributed by atoms with Crippen LogP contribution in [0.15, 0.2) is 59.2 Å². The predicted octanol–water partition coefficient (Wildman–Crippen LogP) is 5.63. The average molecular weight is 469 g/mol. The molecule has 0 bridgehead atoms. The minimum absolute atomic E-state index is 0.0185. The van der Waals surface area contributed by atoms with Gasteiger partial charge >= 0.3 is 0 Å². The number of nitrogens with one attached hydrogen (secondary N) is 1. The molecule has 1 saturated heterocycles. The van der Waals surface area contributed by atoms with Crippen molar-refractivity contribution < 1.29 is 0 Å². The SMILES string of the molecule is Cc1cc([C@@H]2[C@@H](c3ccccn3)NC(=S)N2C(C)C)c(C)n1-c1ccc(Br)cc1. The summed E-state index contributed by atoms with van der Waals surface area (Å²) >= 11 is 9.27. The molecule has 2 atom stereocenters. The molecule has 6 heteroatoms. The Morgan fingerprint density at radius 3 is 2.45 bits per heavy atom. The monoisotopic (exact) mass is 468 g/mol. The third kappa shape index (κ3) is 3.60. The first-order valence-corrected chi connectivity index (χ1v) is 11.0. The van der Waals surface area contributed by atoms with Crippen LogP contribution in [-0.2, 0) is 0 Å². The first kappa shape index (κ1) is 20.1.